The number of nitro groups is 1. The molecule has 0 aliphatic carbocycles. The normalized spacial score (nSPS) is 11.2. The zero-order chi connectivity index (χ0) is 14.6. The van der Waals surface area contributed by atoms with Crippen LogP contribution in [0.2, 0.25) is 0 Å². The first-order valence-electron chi connectivity index (χ1n) is 6.13. The van der Waals surface area contributed by atoms with E-state index >= 15 is 0 Å². The summed E-state index contributed by atoms with van der Waals surface area (Å²) in [6.07, 6.45) is 0.835. The lowest BCUT2D eigenvalue weighted by Gasteiger charge is -2.18. The molecule has 0 N–H and O–H groups in total. The number of non-ortho nitro benzene ring substituents is 1. The Morgan fingerprint density at radius 1 is 1.37 bits per heavy atom. The van der Waals surface area contributed by atoms with E-state index in [1.165, 1.54) is 25.1 Å². The molecule has 0 radical (unpaired) electrons. The molecular formula is C14H19NO4. The molecule has 0 bridgehead atoms. The number of ketones is 1. The predicted octanol–water partition coefficient (Wildman–Crippen LogP) is 3.61. The smallest absolute Gasteiger partial charge is 0.270 e. The van der Waals surface area contributed by atoms with E-state index in [0.717, 1.165) is 6.42 Å². The molecule has 0 aromatic heterocycles. The number of carbonyl (C=O) groups is 1. The van der Waals surface area contributed by atoms with Gasteiger partial charge in [0, 0.05) is 12.1 Å². The van der Waals surface area contributed by atoms with Crippen LogP contribution < -0.4 is 4.74 Å². The van der Waals surface area contributed by atoms with Crippen molar-refractivity contribution in [3.63, 3.8) is 0 Å². The first kappa shape index (κ1) is 15.1. The van der Waals surface area contributed by atoms with Crippen LogP contribution in [0.5, 0.6) is 5.75 Å². The number of benzene rings is 1. The zero-order valence-electron chi connectivity index (χ0n) is 11.7. The van der Waals surface area contributed by atoms with Gasteiger partial charge in [0.2, 0.25) is 0 Å². The van der Waals surface area contributed by atoms with Gasteiger partial charge in [-0.3, -0.25) is 14.9 Å². The third-order valence-corrected chi connectivity index (χ3v) is 2.66. The van der Waals surface area contributed by atoms with Crippen LogP contribution in [0.25, 0.3) is 0 Å². The number of nitrogens with zero attached hydrogens (tertiary/aromatic N) is 1. The van der Waals surface area contributed by atoms with E-state index in [0.29, 0.717) is 12.4 Å². The molecular weight excluding hydrogens is 246 g/mol. The van der Waals surface area contributed by atoms with Gasteiger partial charge in [-0.25, -0.2) is 0 Å². The number of rotatable bonds is 5. The molecule has 104 valence electrons. The largest absolute Gasteiger partial charge is 0.493 e. The molecule has 0 unspecified atom stereocenters. The highest BCUT2D eigenvalue weighted by atomic mass is 16.6. The van der Waals surface area contributed by atoms with E-state index in [1.807, 2.05) is 0 Å². The number of ether oxygens (including phenoxy) is 1. The number of hydrogen-bond acceptors (Lipinski definition) is 4. The molecule has 0 saturated carbocycles. The summed E-state index contributed by atoms with van der Waals surface area (Å²) >= 11 is 0. The summed E-state index contributed by atoms with van der Waals surface area (Å²) in [6, 6.07) is 4.09. The second-order valence-corrected chi connectivity index (χ2v) is 5.65. The lowest BCUT2D eigenvalue weighted by molar-refractivity contribution is -0.384. The molecule has 0 saturated heterocycles. The van der Waals surface area contributed by atoms with Gasteiger partial charge < -0.3 is 4.74 Å². The summed E-state index contributed by atoms with van der Waals surface area (Å²) in [6.45, 7) is 8.13. The minimum atomic E-state index is -0.522. The minimum absolute atomic E-state index is 0.103. The monoisotopic (exact) mass is 265 g/mol. The summed E-state index contributed by atoms with van der Waals surface area (Å²) in [4.78, 5) is 21.7. The topological polar surface area (TPSA) is 69.4 Å². The molecule has 5 heteroatoms. The van der Waals surface area contributed by atoms with Gasteiger partial charge in [-0.05, 0) is 24.8 Å². The van der Waals surface area contributed by atoms with Crippen LogP contribution in [-0.2, 0) is 0 Å². The lowest BCUT2D eigenvalue weighted by Crippen LogP contribution is -2.12. The summed E-state index contributed by atoms with van der Waals surface area (Å²) in [5.74, 6) is 0.164. The van der Waals surface area contributed by atoms with Crippen LogP contribution in [0.1, 0.15) is 44.5 Å². The Kier molecular flexibility index (Phi) is 4.64. The van der Waals surface area contributed by atoms with Crippen LogP contribution in [-0.4, -0.2) is 17.3 Å². The molecule has 5 nitrogen and oxygen atoms in total. The molecule has 0 amide bonds. The maximum absolute atomic E-state index is 11.5. The van der Waals surface area contributed by atoms with Crippen molar-refractivity contribution < 1.29 is 14.5 Å². The van der Waals surface area contributed by atoms with Gasteiger partial charge in [0.05, 0.1) is 17.1 Å². The Bertz CT molecular complexity index is 489. The van der Waals surface area contributed by atoms with E-state index in [2.05, 4.69) is 20.8 Å². The molecule has 0 aliphatic rings. The average Bonchev–Trinajstić information content (AvgIpc) is 2.27. The van der Waals surface area contributed by atoms with E-state index in [9.17, 15) is 14.9 Å². The minimum Gasteiger partial charge on any atom is -0.493 e. The molecule has 1 aromatic carbocycles. The fraction of sp³-hybridized carbons (Fsp3) is 0.500. The second kappa shape index (κ2) is 5.82. The van der Waals surface area contributed by atoms with Crippen LogP contribution in [0.15, 0.2) is 18.2 Å². The summed E-state index contributed by atoms with van der Waals surface area (Å²) in [5.41, 5.74) is 0.286. The van der Waals surface area contributed by atoms with Crippen molar-refractivity contribution in [3.05, 3.63) is 33.9 Å². The van der Waals surface area contributed by atoms with Crippen LogP contribution in [0, 0.1) is 15.5 Å². The SMILES string of the molecule is CC(=O)c1cc([N+](=O)[O-])ccc1OCCC(C)(C)C. The Labute approximate surface area is 112 Å². The molecule has 0 heterocycles. The van der Waals surface area contributed by atoms with Crippen molar-refractivity contribution in [3.8, 4) is 5.75 Å². The van der Waals surface area contributed by atoms with Crippen molar-refractivity contribution in [2.24, 2.45) is 5.41 Å². The molecule has 0 atom stereocenters. The van der Waals surface area contributed by atoms with Gasteiger partial charge in [0.1, 0.15) is 5.75 Å². The predicted molar refractivity (Wildman–Crippen MR) is 72.7 cm³/mol. The molecule has 19 heavy (non-hydrogen) atoms. The number of carbonyl (C=O) groups excluding carboxylic acids is 1. The third-order valence-electron chi connectivity index (χ3n) is 2.66. The molecule has 1 aromatic rings. The standard InChI is InChI=1S/C14H19NO4/c1-10(16)12-9-11(15(17)18)5-6-13(12)19-8-7-14(2,3)4/h5-6,9H,7-8H2,1-4H3. The van der Waals surface area contributed by atoms with E-state index < -0.39 is 4.92 Å². The van der Waals surface area contributed by atoms with Crippen molar-refractivity contribution >= 4 is 11.5 Å². The maximum Gasteiger partial charge on any atom is 0.270 e. The van der Waals surface area contributed by atoms with Crippen molar-refractivity contribution in [2.45, 2.75) is 34.1 Å². The van der Waals surface area contributed by atoms with E-state index in [1.54, 1.807) is 0 Å². The fourth-order valence-corrected chi connectivity index (χ4v) is 1.50. The maximum atomic E-state index is 11.5. The summed E-state index contributed by atoms with van der Waals surface area (Å²) < 4.78 is 5.57. The molecule has 0 aliphatic heterocycles. The summed E-state index contributed by atoms with van der Waals surface area (Å²) in [7, 11) is 0. The van der Waals surface area contributed by atoms with Gasteiger partial charge in [0.25, 0.3) is 5.69 Å². The molecule has 0 spiro atoms. The highest BCUT2D eigenvalue weighted by Crippen LogP contribution is 2.26. The average molecular weight is 265 g/mol. The number of Topliss-reactive ketones (excluding diaryl/α,β-unsaturated/α-hetero) is 1. The zero-order valence-corrected chi connectivity index (χ0v) is 11.7. The Morgan fingerprint density at radius 2 is 2.00 bits per heavy atom. The quantitative estimate of drug-likeness (QED) is 0.463. The Balaban J connectivity index is 2.89. The van der Waals surface area contributed by atoms with Crippen LogP contribution in [0.4, 0.5) is 5.69 Å². The Morgan fingerprint density at radius 3 is 2.47 bits per heavy atom. The second-order valence-electron chi connectivity index (χ2n) is 5.65. The van der Waals surface area contributed by atoms with Gasteiger partial charge in [0.15, 0.2) is 5.78 Å². The van der Waals surface area contributed by atoms with Crippen molar-refractivity contribution in [1.29, 1.82) is 0 Å². The van der Waals surface area contributed by atoms with Gasteiger partial charge in [-0.2, -0.15) is 0 Å². The first-order chi connectivity index (χ1) is 8.70. The molecule has 0 fully saturated rings. The van der Waals surface area contributed by atoms with Gasteiger partial charge >= 0.3 is 0 Å². The van der Waals surface area contributed by atoms with Gasteiger partial charge in [-0.1, -0.05) is 20.8 Å². The Hall–Kier alpha value is -1.91. The van der Waals surface area contributed by atoms with Gasteiger partial charge in [-0.15, -0.1) is 0 Å². The van der Waals surface area contributed by atoms with Crippen LogP contribution in [0.3, 0.4) is 0 Å². The first-order valence-corrected chi connectivity index (χ1v) is 6.13. The van der Waals surface area contributed by atoms with Crippen molar-refractivity contribution in [1.82, 2.24) is 0 Å². The number of hydrogen-bond donors (Lipinski definition) is 0. The van der Waals surface area contributed by atoms with E-state index in [-0.39, 0.29) is 22.4 Å². The highest BCUT2D eigenvalue weighted by molar-refractivity contribution is 5.97. The fourth-order valence-electron chi connectivity index (χ4n) is 1.50. The third kappa shape index (κ3) is 4.69. The van der Waals surface area contributed by atoms with Crippen molar-refractivity contribution in [2.75, 3.05) is 6.61 Å². The highest BCUT2D eigenvalue weighted by Gasteiger charge is 2.16. The van der Waals surface area contributed by atoms with E-state index in [4.69, 9.17) is 4.74 Å². The summed E-state index contributed by atoms with van der Waals surface area (Å²) in [5, 5.41) is 10.7. The molecule has 1 rings (SSSR count). The number of nitro benzene ring substituents is 1. The lowest BCUT2D eigenvalue weighted by atomic mass is 9.93. The van der Waals surface area contributed by atoms with Crippen LogP contribution >= 0.6 is 0 Å².